The molecular weight excluding hydrogens is 484 g/mol. The van der Waals surface area contributed by atoms with Crippen LogP contribution in [0.5, 0.6) is 0 Å². The maximum absolute atomic E-state index is 13.1. The molecule has 2 amide bonds. The molecule has 190 valence electrons. The van der Waals surface area contributed by atoms with Gasteiger partial charge in [-0.2, -0.15) is 5.26 Å². The van der Waals surface area contributed by atoms with E-state index in [1.165, 1.54) is 21.6 Å². The van der Waals surface area contributed by atoms with Gasteiger partial charge in [-0.05, 0) is 56.0 Å². The van der Waals surface area contributed by atoms with E-state index in [0.717, 1.165) is 5.56 Å². The number of fused-ring (bicyclic) bond motifs is 1. The summed E-state index contributed by atoms with van der Waals surface area (Å²) in [4.78, 5) is 40.3. The normalized spacial score (nSPS) is 17.1. The van der Waals surface area contributed by atoms with Crippen molar-refractivity contribution in [3.8, 4) is 6.07 Å². The van der Waals surface area contributed by atoms with Crippen LogP contribution in [0.3, 0.4) is 0 Å². The quantitative estimate of drug-likeness (QED) is 0.505. The first-order valence-electron chi connectivity index (χ1n) is 11.8. The number of aliphatic hydroxyl groups is 1. The Kier molecular flexibility index (Phi) is 7.02. The first-order chi connectivity index (χ1) is 17.1. The van der Waals surface area contributed by atoms with Gasteiger partial charge in [0.25, 0.3) is 17.4 Å². The van der Waals surface area contributed by atoms with Crippen LogP contribution < -0.4 is 10.9 Å². The minimum absolute atomic E-state index is 0.0466. The lowest BCUT2D eigenvalue weighted by molar-refractivity contribution is 0.0694. The topological polar surface area (TPSA) is 150 Å². The molecule has 1 atom stereocenters. The number of aliphatic hydroxyl groups excluding tert-OH is 1. The molecule has 1 aromatic heterocycles. The van der Waals surface area contributed by atoms with Crippen LogP contribution in [0.2, 0.25) is 0 Å². The Morgan fingerprint density at radius 3 is 2.47 bits per heavy atom. The van der Waals surface area contributed by atoms with E-state index in [0.29, 0.717) is 18.4 Å². The van der Waals surface area contributed by atoms with Crippen molar-refractivity contribution in [3.63, 3.8) is 0 Å². The maximum atomic E-state index is 13.1. The van der Waals surface area contributed by atoms with Gasteiger partial charge in [0.05, 0.1) is 21.6 Å². The van der Waals surface area contributed by atoms with Gasteiger partial charge in [0.15, 0.2) is 9.84 Å². The largest absolute Gasteiger partial charge is 0.396 e. The zero-order chi connectivity index (χ0) is 26.1. The van der Waals surface area contributed by atoms with E-state index in [4.69, 9.17) is 10.4 Å². The van der Waals surface area contributed by atoms with Gasteiger partial charge in [-0.3, -0.25) is 14.4 Å². The molecule has 2 heterocycles. The molecule has 2 aliphatic rings. The van der Waals surface area contributed by atoms with Gasteiger partial charge in [-0.15, -0.1) is 0 Å². The zero-order valence-corrected chi connectivity index (χ0v) is 20.8. The fraction of sp³-hybridized carbons (Fsp3) is 0.440. The van der Waals surface area contributed by atoms with Gasteiger partial charge in [-0.1, -0.05) is 12.1 Å². The summed E-state index contributed by atoms with van der Waals surface area (Å²) in [6.45, 7) is 1.88. The van der Waals surface area contributed by atoms with Gasteiger partial charge in [0.2, 0.25) is 0 Å². The van der Waals surface area contributed by atoms with Crippen molar-refractivity contribution >= 4 is 21.7 Å². The third-order valence-corrected chi connectivity index (χ3v) is 10.0. The molecule has 10 nitrogen and oxygen atoms in total. The number of rotatable bonds is 9. The standard InChI is InChI=1S/C25H28N4O6S/c1-17(8-13-30)36(34,35)25(9-10-25)16-28-11-12-29-21(24(28)33)7-6-20(23(29)32)22(31)27-15-19-4-2-18(14-26)3-5-19/h2-7,17,30H,8-13,15-16H2,1H3,(H,27,31)/t17-/m0/s1. The Morgan fingerprint density at radius 1 is 1.17 bits per heavy atom. The van der Waals surface area contributed by atoms with Gasteiger partial charge in [0, 0.05) is 32.8 Å². The number of aromatic nitrogens is 1. The van der Waals surface area contributed by atoms with Crippen molar-refractivity contribution < 1.29 is 23.1 Å². The van der Waals surface area contributed by atoms with Crippen LogP contribution in [0.1, 0.15) is 58.2 Å². The number of nitriles is 1. The second-order valence-electron chi connectivity index (χ2n) is 9.36. The summed E-state index contributed by atoms with van der Waals surface area (Å²) >= 11 is 0. The molecule has 1 aromatic carbocycles. The van der Waals surface area contributed by atoms with Crippen LogP contribution in [0.15, 0.2) is 41.2 Å². The highest BCUT2D eigenvalue weighted by Crippen LogP contribution is 2.47. The van der Waals surface area contributed by atoms with Crippen molar-refractivity contribution in [2.75, 3.05) is 19.7 Å². The van der Waals surface area contributed by atoms with E-state index in [9.17, 15) is 22.8 Å². The summed E-state index contributed by atoms with van der Waals surface area (Å²) in [7, 11) is -3.54. The van der Waals surface area contributed by atoms with E-state index < -0.39 is 37.2 Å². The fourth-order valence-electron chi connectivity index (χ4n) is 4.55. The molecule has 4 rings (SSSR count). The monoisotopic (exact) mass is 512 g/mol. The van der Waals surface area contributed by atoms with Crippen LogP contribution in [-0.4, -0.2) is 64.5 Å². The molecular formula is C25H28N4O6S. The molecule has 1 fully saturated rings. The number of amides is 2. The molecule has 0 bridgehead atoms. The molecule has 11 heteroatoms. The van der Waals surface area contributed by atoms with Gasteiger partial charge < -0.3 is 19.9 Å². The van der Waals surface area contributed by atoms with Crippen LogP contribution >= 0.6 is 0 Å². The number of carbonyl (C=O) groups is 2. The van der Waals surface area contributed by atoms with Crippen molar-refractivity contribution in [2.45, 2.75) is 49.3 Å². The van der Waals surface area contributed by atoms with Crippen molar-refractivity contribution in [1.82, 2.24) is 14.8 Å². The summed E-state index contributed by atoms with van der Waals surface area (Å²) in [5.74, 6) is -1.02. The van der Waals surface area contributed by atoms with Gasteiger partial charge >= 0.3 is 0 Å². The Morgan fingerprint density at radius 2 is 1.86 bits per heavy atom. The average Bonchev–Trinajstić information content (AvgIpc) is 3.66. The van der Waals surface area contributed by atoms with E-state index in [1.54, 1.807) is 31.2 Å². The SMILES string of the molecule is C[C@@H](CCO)S(=O)(=O)C1(CN2CCn3c(ccc(C(=O)NCc4ccc(C#N)cc4)c3=O)C2=O)CC1. The molecule has 2 N–H and O–H groups in total. The van der Waals surface area contributed by atoms with E-state index >= 15 is 0 Å². The van der Waals surface area contributed by atoms with Crippen LogP contribution in [0, 0.1) is 11.3 Å². The molecule has 36 heavy (non-hydrogen) atoms. The van der Waals surface area contributed by atoms with Crippen molar-refractivity contribution in [1.29, 1.82) is 5.26 Å². The van der Waals surface area contributed by atoms with Crippen LogP contribution in [0.25, 0.3) is 0 Å². The molecule has 0 radical (unpaired) electrons. The number of hydrogen-bond donors (Lipinski definition) is 2. The lowest BCUT2D eigenvalue weighted by Crippen LogP contribution is -2.50. The lowest BCUT2D eigenvalue weighted by Gasteiger charge is -2.33. The summed E-state index contributed by atoms with van der Waals surface area (Å²) in [5.41, 5.74) is 0.715. The highest BCUT2D eigenvalue weighted by Gasteiger charge is 2.57. The van der Waals surface area contributed by atoms with E-state index in [-0.39, 0.29) is 50.5 Å². The molecule has 1 aliphatic heterocycles. The number of carbonyl (C=O) groups excluding carboxylic acids is 2. The number of pyridine rings is 1. The smallest absolute Gasteiger partial charge is 0.270 e. The highest BCUT2D eigenvalue weighted by atomic mass is 32.2. The summed E-state index contributed by atoms with van der Waals surface area (Å²) in [5, 5.41) is 20.0. The Bertz CT molecular complexity index is 1390. The third-order valence-electron chi connectivity index (χ3n) is 7.01. The number of nitrogens with zero attached hydrogens (tertiary/aromatic N) is 3. The van der Waals surface area contributed by atoms with E-state index in [1.807, 2.05) is 6.07 Å². The third kappa shape index (κ3) is 4.66. The predicted molar refractivity (Wildman–Crippen MR) is 131 cm³/mol. The Labute approximate surface area is 209 Å². The highest BCUT2D eigenvalue weighted by molar-refractivity contribution is 7.93. The minimum Gasteiger partial charge on any atom is -0.396 e. The van der Waals surface area contributed by atoms with E-state index in [2.05, 4.69) is 5.32 Å². The minimum atomic E-state index is -3.54. The van der Waals surface area contributed by atoms with Crippen LogP contribution in [-0.2, 0) is 22.9 Å². The van der Waals surface area contributed by atoms with Gasteiger partial charge in [0.1, 0.15) is 11.3 Å². The molecule has 1 aliphatic carbocycles. The van der Waals surface area contributed by atoms with Crippen molar-refractivity contribution in [2.24, 2.45) is 0 Å². The molecule has 1 saturated carbocycles. The lowest BCUT2D eigenvalue weighted by atomic mass is 10.1. The molecule has 2 aromatic rings. The maximum Gasteiger partial charge on any atom is 0.270 e. The Balaban J connectivity index is 1.47. The van der Waals surface area contributed by atoms with Crippen LogP contribution in [0.4, 0.5) is 0 Å². The number of hydrogen-bond acceptors (Lipinski definition) is 7. The molecule has 0 spiro atoms. The number of sulfone groups is 1. The summed E-state index contributed by atoms with van der Waals surface area (Å²) in [6, 6.07) is 11.5. The Hall–Kier alpha value is -3.49. The average molecular weight is 513 g/mol. The second-order valence-corrected chi connectivity index (χ2v) is 12.1. The molecule has 0 unspecified atom stereocenters. The van der Waals surface area contributed by atoms with Gasteiger partial charge in [-0.25, -0.2) is 8.42 Å². The number of nitrogens with one attached hydrogen (secondary N) is 1. The first kappa shape index (κ1) is 25.6. The predicted octanol–water partition coefficient (Wildman–Crippen LogP) is 0.824. The summed E-state index contributed by atoms with van der Waals surface area (Å²) in [6.07, 6.45) is 1.06. The molecule has 0 saturated heterocycles. The first-order valence-corrected chi connectivity index (χ1v) is 13.3. The summed E-state index contributed by atoms with van der Waals surface area (Å²) < 4.78 is 26.3. The second kappa shape index (κ2) is 9.87. The zero-order valence-electron chi connectivity index (χ0n) is 19.9. The van der Waals surface area contributed by atoms with Crippen molar-refractivity contribution in [3.05, 3.63) is 69.1 Å². The number of benzene rings is 1. The fourth-order valence-corrected chi connectivity index (χ4v) is 6.83.